The summed E-state index contributed by atoms with van der Waals surface area (Å²) in [6.07, 6.45) is 0.776. The number of nitrogens with one attached hydrogen (secondary N) is 1. The zero-order chi connectivity index (χ0) is 20.6. The van der Waals surface area contributed by atoms with Gasteiger partial charge in [0.2, 0.25) is 11.8 Å². The minimum absolute atomic E-state index is 0.0109. The number of carboxylic acids is 1. The number of hydrogen-bond donors (Lipinski definition) is 2. The van der Waals surface area contributed by atoms with Gasteiger partial charge in [-0.15, -0.1) is 0 Å². The number of aryl methyl sites for hydroxylation is 1. The van der Waals surface area contributed by atoms with E-state index in [1.165, 1.54) is 6.07 Å². The summed E-state index contributed by atoms with van der Waals surface area (Å²) in [5.41, 5.74) is 0.832. The fourth-order valence-corrected chi connectivity index (χ4v) is 3.37. The maximum atomic E-state index is 12.3. The first-order valence-corrected chi connectivity index (χ1v) is 9.59. The molecule has 1 atom stereocenters. The Bertz CT molecular complexity index is 869. The Kier molecular flexibility index (Phi) is 6.84. The van der Waals surface area contributed by atoms with Gasteiger partial charge in [-0.05, 0) is 30.2 Å². The quantitative estimate of drug-likeness (QED) is 0.677. The second-order valence-electron chi connectivity index (χ2n) is 6.93. The van der Waals surface area contributed by atoms with Gasteiger partial charge in [-0.3, -0.25) is 9.59 Å². The lowest BCUT2D eigenvalue weighted by molar-refractivity contribution is -0.128. The highest BCUT2D eigenvalue weighted by Crippen LogP contribution is 2.14. The van der Waals surface area contributed by atoms with Crippen molar-refractivity contribution in [3.63, 3.8) is 0 Å². The molecule has 0 aliphatic carbocycles. The predicted octanol–water partition coefficient (Wildman–Crippen LogP) is 2.11. The molecule has 0 saturated carbocycles. The molecule has 2 amide bonds. The maximum absolute atomic E-state index is 12.3. The van der Waals surface area contributed by atoms with E-state index in [2.05, 4.69) is 5.32 Å². The van der Waals surface area contributed by atoms with E-state index in [1.54, 1.807) is 23.1 Å². The van der Waals surface area contributed by atoms with E-state index in [9.17, 15) is 19.5 Å². The van der Waals surface area contributed by atoms with Crippen molar-refractivity contribution < 1.29 is 24.2 Å². The predicted molar refractivity (Wildman–Crippen MR) is 107 cm³/mol. The van der Waals surface area contributed by atoms with Crippen LogP contribution >= 0.6 is 0 Å². The van der Waals surface area contributed by atoms with Crippen LogP contribution in [0.4, 0.5) is 0 Å². The fraction of sp³-hybridized carbons (Fsp3) is 0.318. The topological polar surface area (TPSA) is 95.9 Å². The van der Waals surface area contributed by atoms with Crippen molar-refractivity contribution in [1.29, 1.82) is 0 Å². The minimum atomic E-state index is -1.00. The van der Waals surface area contributed by atoms with E-state index in [0.717, 1.165) is 5.75 Å². The zero-order valence-corrected chi connectivity index (χ0v) is 16.0. The molecule has 2 aromatic carbocycles. The number of hydrogen-bond acceptors (Lipinski definition) is 4. The van der Waals surface area contributed by atoms with E-state index < -0.39 is 5.97 Å². The standard InChI is InChI=1S/C22H24N2O5/c25-20(11-10-16-6-4-5-9-19(16)22(27)28)23-17-14-21(26)24(15-17)12-13-29-18-7-2-1-3-8-18/h1-9,17H,10-15H2,(H,23,25)(H,27,28). The van der Waals surface area contributed by atoms with Crippen LogP contribution < -0.4 is 10.1 Å². The van der Waals surface area contributed by atoms with Crippen molar-refractivity contribution >= 4 is 17.8 Å². The van der Waals surface area contributed by atoms with Crippen molar-refractivity contribution in [3.05, 3.63) is 65.7 Å². The molecule has 29 heavy (non-hydrogen) atoms. The first-order valence-electron chi connectivity index (χ1n) is 9.59. The lowest BCUT2D eigenvalue weighted by atomic mass is 10.0. The van der Waals surface area contributed by atoms with Gasteiger partial charge in [-0.2, -0.15) is 0 Å². The summed E-state index contributed by atoms with van der Waals surface area (Å²) in [5, 5.41) is 12.1. The van der Waals surface area contributed by atoms with Gasteiger partial charge in [-0.1, -0.05) is 36.4 Å². The highest BCUT2D eigenvalue weighted by molar-refractivity contribution is 5.89. The maximum Gasteiger partial charge on any atom is 0.335 e. The molecule has 1 aliphatic heterocycles. The van der Waals surface area contributed by atoms with Crippen LogP contribution in [0.15, 0.2) is 54.6 Å². The molecule has 0 spiro atoms. The molecule has 0 radical (unpaired) electrons. The van der Waals surface area contributed by atoms with Gasteiger partial charge in [0.15, 0.2) is 0 Å². The van der Waals surface area contributed by atoms with Crippen molar-refractivity contribution in [1.82, 2.24) is 10.2 Å². The first-order chi connectivity index (χ1) is 14.0. The van der Waals surface area contributed by atoms with E-state index in [4.69, 9.17) is 4.74 Å². The number of likely N-dealkylation sites (tertiary alicyclic amines) is 1. The van der Waals surface area contributed by atoms with E-state index in [0.29, 0.717) is 31.7 Å². The zero-order valence-electron chi connectivity index (χ0n) is 16.0. The van der Waals surface area contributed by atoms with Crippen molar-refractivity contribution in [3.8, 4) is 5.75 Å². The fourth-order valence-electron chi connectivity index (χ4n) is 3.37. The van der Waals surface area contributed by atoms with Crippen molar-refractivity contribution in [2.24, 2.45) is 0 Å². The summed E-state index contributed by atoms with van der Waals surface area (Å²) < 4.78 is 5.62. The smallest absolute Gasteiger partial charge is 0.335 e. The third-order valence-electron chi connectivity index (χ3n) is 4.82. The number of carboxylic acid groups (broad SMARTS) is 1. The molecule has 2 aromatic rings. The van der Waals surface area contributed by atoms with Gasteiger partial charge in [0.05, 0.1) is 18.2 Å². The van der Waals surface area contributed by atoms with Gasteiger partial charge in [0, 0.05) is 19.4 Å². The highest BCUT2D eigenvalue weighted by Gasteiger charge is 2.30. The van der Waals surface area contributed by atoms with Crippen LogP contribution in [-0.4, -0.2) is 53.5 Å². The highest BCUT2D eigenvalue weighted by atomic mass is 16.5. The molecule has 1 saturated heterocycles. The Balaban J connectivity index is 1.42. The average Bonchev–Trinajstić information content (AvgIpc) is 3.06. The van der Waals surface area contributed by atoms with Crippen LogP contribution in [0.5, 0.6) is 5.75 Å². The monoisotopic (exact) mass is 396 g/mol. The van der Waals surface area contributed by atoms with Crippen LogP contribution in [0.2, 0.25) is 0 Å². The van der Waals surface area contributed by atoms with E-state index >= 15 is 0 Å². The Morgan fingerprint density at radius 1 is 1.10 bits per heavy atom. The molecule has 1 unspecified atom stereocenters. The second-order valence-corrected chi connectivity index (χ2v) is 6.93. The number of amides is 2. The van der Waals surface area contributed by atoms with Crippen molar-refractivity contribution in [2.75, 3.05) is 19.7 Å². The number of para-hydroxylation sites is 1. The molecule has 3 rings (SSSR count). The molecule has 7 nitrogen and oxygen atoms in total. The van der Waals surface area contributed by atoms with E-state index in [-0.39, 0.29) is 36.3 Å². The third-order valence-corrected chi connectivity index (χ3v) is 4.82. The Labute approximate surface area is 169 Å². The molecule has 152 valence electrons. The van der Waals surface area contributed by atoms with Crippen LogP contribution in [0.1, 0.15) is 28.8 Å². The average molecular weight is 396 g/mol. The molecule has 1 aliphatic rings. The van der Waals surface area contributed by atoms with Gasteiger partial charge in [-0.25, -0.2) is 4.79 Å². The Hall–Kier alpha value is -3.35. The second kappa shape index (κ2) is 9.73. The summed E-state index contributed by atoms with van der Waals surface area (Å²) in [4.78, 5) is 37.3. The molecular formula is C22H24N2O5. The normalized spacial score (nSPS) is 15.9. The third kappa shape index (κ3) is 5.81. The van der Waals surface area contributed by atoms with Gasteiger partial charge < -0.3 is 20.1 Å². The Morgan fingerprint density at radius 2 is 1.83 bits per heavy atom. The molecular weight excluding hydrogens is 372 g/mol. The van der Waals surface area contributed by atoms with Crippen LogP contribution in [0, 0.1) is 0 Å². The summed E-state index contributed by atoms with van der Waals surface area (Å²) in [6.45, 7) is 1.31. The number of carbonyl (C=O) groups is 3. The van der Waals surface area contributed by atoms with E-state index in [1.807, 2.05) is 30.3 Å². The van der Waals surface area contributed by atoms with Crippen LogP contribution in [-0.2, 0) is 16.0 Å². The molecule has 0 aromatic heterocycles. The SMILES string of the molecule is O=C(CCc1ccccc1C(=O)O)NC1CC(=O)N(CCOc2ccccc2)C1. The number of ether oxygens (including phenoxy) is 1. The van der Waals surface area contributed by atoms with Gasteiger partial charge in [0.25, 0.3) is 0 Å². The molecule has 1 heterocycles. The summed E-state index contributed by atoms with van der Waals surface area (Å²) in [7, 11) is 0. The summed E-state index contributed by atoms with van der Waals surface area (Å²) >= 11 is 0. The lowest BCUT2D eigenvalue weighted by Crippen LogP contribution is -2.38. The number of aromatic carboxylic acids is 1. The molecule has 1 fully saturated rings. The summed E-state index contributed by atoms with van der Waals surface area (Å²) in [5.74, 6) is -0.449. The van der Waals surface area contributed by atoms with Crippen molar-refractivity contribution in [2.45, 2.75) is 25.3 Å². The molecule has 7 heteroatoms. The summed E-state index contributed by atoms with van der Waals surface area (Å²) in [6, 6.07) is 15.8. The van der Waals surface area contributed by atoms with Crippen LogP contribution in [0.25, 0.3) is 0 Å². The largest absolute Gasteiger partial charge is 0.492 e. The number of carbonyl (C=O) groups excluding carboxylic acids is 2. The minimum Gasteiger partial charge on any atom is -0.492 e. The number of nitrogens with zero attached hydrogens (tertiary/aromatic N) is 1. The lowest BCUT2D eigenvalue weighted by Gasteiger charge is -2.17. The number of benzene rings is 2. The molecule has 2 N–H and O–H groups in total. The first kappa shape index (κ1) is 20.4. The Morgan fingerprint density at radius 3 is 2.59 bits per heavy atom. The van der Waals surface area contributed by atoms with Gasteiger partial charge in [0.1, 0.15) is 12.4 Å². The molecule has 0 bridgehead atoms. The van der Waals surface area contributed by atoms with Gasteiger partial charge >= 0.3 is 5.97 Å². The number of rotatable bonds is 9. The van der Waals surface area contributed by atoms with Crippen LogP contribution in [0.3, 0.4) is 0 Å².